The van der Waals surface area contributed by atoms with Crippen LogP contribution in [0.4, 0.5) is 0 Å². The number of nitrogens with zero attached hydrogens (tertiary/aromatic N) is 1. The predicted molar refractivity (Wildman–Crippen MR) is 47.6 cm³/mol. The Balaban J connectivity index is 2.11. The minimum absolute atomic E-state index is 0.175. The summed E-state index contributed by atoms with van der Waals surface area (Å²) in [5.41, 5.74) is 0. The van der Waals surface area contributed by atoms with Gasteiger partial charge in [-0.25, -0.2) is 0 Å². The Morgan fingerprint density at radius 2 is 2.17 bits per heavy atom. The second-order valence-corrected chi connectivity index (χ2v) is 3.51. The maximum Gasteiger partial charge on any atom is 0.143 e. The van der Waals surface area contributed by atoms with Crippen molar-refractivity contribution >= 4 is 0 Å². The third-order valence-corrected chi connectivity index (χ3v) is 2.52. The summed E-state index contributed by atoms with van der Waals surface area (Å²) in [5, 5.41) is 8.62. The minimum Gasteiger partial charge on any atom is -0.363 e. The summed E-state index contributed by atoms with van der Waals surface area (Å²) < 4.78 is 5.46. The van der Waals surface area contributed by atoms with Gasteiger partial charge < -0.3 is 4.74 Å². The quantitative estimate of drug-likeness (QED) is 0.644. The van der Waals surface area contributed by atoms with Gasteiger partial charge in [0.25, 0.3) is 0 Å². The lowest BCUT2D eigenvalue weighted by Gasteiger charge is -2.12. The first kappa shape index (κ1) is 9.54. The number of ether oxygens (including phenoxy) is 1. The first-order chi connectivity index (χ1) is 5.86. The van der Waals surface area contributed by atoms with Crippen LogP contribution in [0.2, 0.25) is 0 Å². The zero-order valence-electron chi connectivity index (χ0n) is 7.75. The Kier molecular flexibility index (Phi) is 4.10. The molecule has 0 N–H and O–H groups in total. The number of rotatable bonds is 4. The first-order valence-electron chi connectivity index (χ1n) is 4.88. The molecule has 0 radical (unpaired) electrons. The van der Waals surface area contributed by atoms with Gasteiger partial charge in [0.2, 0.25) is 0 Å². The predicted octanol–water partition coefficient (Wildman–Crippen LogP) is 2.50. The summed E-state index contributed by atoms with van der Waals surface area (Å²) in [6.45, 7) is 2.79. The molecular formula is C10H17NO. The summed E-state index contributed by atoms with van der Waals surface area (Å²) in [7, 11) is 0. The van der Waals surface area contributed by atoms with Crippen LogP contribution in [-0.2, 0) is 4.74 Å². The minimum atomic E-state index is -0.175. The maximum atomic E-state index is 8.62. The largest absolute Gasteiger partial charge is 0.363 e. The second-order valence-electron chi connectivity index (χ2n) is 3.51. The lowest BCUT2D eigenvalue weighted by molar-refractivity contribution is 0.0607. The Morgan fingerprint density at radius 1 is 1.50 bits per heavy atom. The standard InChI is InChI=1S/C10H17NO/c1-2-10(7-11)12-8-9-5-3-4-6-9/h9-10H,2-6,8H2,1H3. The zero-order chi connectivity index (χ0) is 8.81. The summed E-state index contributed by atoms with van der Waals surface area (Å²) in [5.74, 6) is 0.729. The van der Waals surface area contributed by atoms with Gasteiger partial charge in [-0.2, -0.15) is 5.26 Å². The molecule has 0 heterocycles. The molecule has 12 heavy (non-hydrogen) atoms. The molecule has 2 heteroatoms. The van der Waals surface area contributed by atoms with Crippen molar-refractivity contribution in [1.29, 1.82) is 5.26 Å². The van der Waals surface area contributed by atoms with Crippen molar-refractivity contribution in [1.82, 2.24) is 0 Å². The van der Waals surface area contributed by atoms with Crippen molar-refractivity contribution in [3.8, 4) is 6.07 Å². The van der Waals surface area contributed by atoms with Gasteiger partial charge >= 0.3 is 0 Å². The molecule has 0 spiro atoms. The Morgan fingerprint density at radius 3 is 2.67 bits per heavy atom. The van der Waals surface area contributed by atoms with Crippen LogP contribution in [0.15, 0.2) is 0 Å². The SMILES string of the molecule is CCC(C#N)OCC1CCCC1. The summed E-state index contributed by atoms with van der Waals surface area (Å²) in [4.78, 5) is 0. The van der Waals surface area contributed by atoms with Crippen molar-refractivity contribution < 1.29 is 4.74 Å². The molecule has 1 unspecified atom stereocenters. The average Bonchev–Trinajstić information content (AvgIpc) is 2.59. The van der Waals surface area contributed by atoms with E-state index >= 15 is 0 Å². The van der Waals surface area contributed by atoms with Crippen molar-refractivity contribution in [3.05, 3.63) is 0 Å². The fourth-order valence-corrected chi connectivity index (χ4v) is 1.68. The molecule has 1 saturated carbocycles. The Labute approximate surface area is 74.5 Å². The lowest BCUT2D eigenvalue weighted by atomic mass is 10.1. The van der Waals surface area contributed by atoms with Crippen LogP contribution in [0.5, 0.6) is 0 Å². The van der Waals surface area contributed by atoms with E-state index in [1.165, 1.54) is 25.7 Å². The molecule has 0 amide bonds. The van der Waals surface area contributed by atoms with E-state index in [9.17, 15) is 0 Å². The van der Waals surface area contributed by atoms with E-state index in [0.717, 1.165) is 18.9 Å². The number of nitriles is 1. The molecule has 0 aromatic carbocycles. The van der Waals surface area contributed by atoms with Gasteiger partial charge in [-0.05, 0) is 25.2 Å². The molecule has 2 nitrogen and oxygen atoms in total. The van der Waals surface area contributed by atoms with Crippen LogP contribution in [0.1, 0.15) is 39.0 Å². The van der Waals surface area contributed by atoms with Gasteiger partial charge in [0.1, 0.15) is 6.10 Å². The monoisotopic (exact) mass is 167 g/mol. The Bertz CT molecular complexity index is 156. The molecular weight excluding hydrogens is 150 g/mol. The van der Waals surface area contributed by atoms with Crippen molar-refractivity contribution in [2.24, 2.45) is 5.92 Å². The number of hydrogen-bond donors (Lipinski definition) is 0. The molecule has 1 aliphatic carbocycles. The first-order valence-corrected chi connectivity index (χ1v) is 4.88. The summed E-state index contributed by atoms with van der Waals surface area (Å²) in [6.07, 6.45) is 5.91. The van der Waals surface area contributed by atoms with Crippen LogP contribution < -0.4 is 0 Å². The van der Waals surface area contributed by atoms with Gasteiger partial charge in [0, 0.05) is 0 Å². The van der Waals surface area contributed by atoms with E-state index < -0.39 is 0 Å². The molecule has 0 aliphatic heterocycles. The lowest BCUT2D eigenvalue weighted by Crippen LogP contribution is -2.14. The van der Waals surface area contributed by atoms with Crippen molar-refractivity contribution in [3.63, 3.8) is 0 Å². The van der Waals surface area contributed by atoms with Gasteiger partial charge in [0.15, 0.2) is 0 Å². The fourth-order valence-electron chi connectivity index (χ4n) is 1.68. The second kappa shape index (κ2) is 5.16. The summed E-state index contributed by atoms with van der Waals surface area (Å²) >= 11 is 0. The molecule has 0 aromatic rings. The highest BCUT2D eigenvalue weighted by molar-refractivity contribution is 4.83. The van der Waals surface area contributed by atoms with E-state index in [1.807, 2.05) is 6.92 Å². The van der Waals surface area contributed by atoms with Crippen molar-refractivity contribution in [2.45, 2.75) is 45.1 Å². The van der Waals surface area contributed by atoms with E-state index in [4.69, 9.17) is 10.00 Å². The van der Waals surface area contributed by atoms with Crippen molar-refractivity contribution in [2.75, 3.05) is 6.61 Å². The van der Waals surface area contributed by atoms with Gasteiger partial charge in [-0.3, -0.25) is 0 Å². The van der Waals surface area contributed by atoms with E-state index in [1.54, 1.807) is 0 Å². The zero-order valence-corrected chi connectivity index (χ0v) is 7.75. The molecule has 0 aromatic heterocycles. The third-order valence-electron chi connectivity index (χ3n) is 2.52. The number of hydrogen-bond acceptors (Lipinski definition) is 2. The topological polar surface area (TPSA) is 33.0 Å². The summed E-state index contributed by atoms with van der Waals surface area (Å²) in [6, 6.07) is 2.15. The van der Waals surface area contributed by atoms with E-state index in [-0.39, 0.29) is 6.10 Å². The van der Waals surface area contributed by atoms with E-state index in [2.05, 4.69) is 6.07 Å². The van der Waals surface area contributed by atoms with Crippen LogP contribution in [-0.4, -0.2) is 12.7 Å². The van der Waals surface area contributed by atoms with Crippen LogP contribution in [0, 0.1) is 17.2 Å². The highest BCUT2D eigenvalue weighted by atomic mass is 16.5. The Hall–Kier alpha value is -0.550. The molecule has 1 rings (SSSR count). The van der Waals surface area contributed by atoms with Gasteiger partial charge in [-0.1, -0.05) is 19.8 Å². The maximum absolute atomic E-state index is 8.62. The molecule has 1 atom stereocenters. The van der Waals surface area contributed by atoms with Crippen LogP contribution in [0.25, 0.3) is 0 Å². The smallest absolute Gasteiger partial charge is 0.143 e. The fraction of sp³-hybridized carbons (Fsp3) is 0.900. The van der Waals surface area contributed by atoms with E-state index in [0.29, 0.717) is 0 Å². The highest BCUT2D eigenvalue weighted by Gasteiger charge is 2.16. The van der Waals surface area contributed by atoms with Gasteiger partial charge in [0.05, 0.1) is 12.7 Å². The average molecular weight is 167 g/mol. The molecule has 0 bridgehead atoms. The third kappa shape index (κ3) is 2.83. The molecule has 1 fully saturated rings. The van der Waals surface area contributed by atoms with Crippen LogP contribution in [0.3, 0.4) is 0 Å². The van der Waals surface area contributed by atoms with Gasteiger partial charge in [-0.15, -0.1) is 0 Å². The highest BCUT2D eigenvalue weighted by Crippen LogP contribution is 2.25. The normalized spacial score (nSPS) is 20.7. The molecule has 68 valence electrons. The molecule has 1 aliphatic rings. The molecule has 0 saturated heterocycles. The van der Waals surface area contributed by atoms with Crippen LogP contribution >= 0.6 is 0 Å².